The number of halogens is 1. The summed E-state index contributed by atoms with van der Waals surface area (Å²) < 4.78 is 5.83. The Hall–Kier alpha value is -1.03. The lowest BCUT2D eigenvalue weighted by Crippen LogP contribution is -2.35. The zero-order valence-electron chi connectivity index (χ0n) is 11.6. The summed E-state index contributed by atoms with van der Waals surface area (Å²) in [5, 5.41) is 8.52. The van der Waals surface area contributed by atoms with Gasteiger partial charge in [-0.1, -0.05) is 24.6 Å². The fourth-order valence-corrected chi connectivity index (χ4v) is 2.95. The first kappa shape index (κ1) is 15.4. The van der Waals surface area contributed by atoms with Crippen molar-refractivity contribution in [2.75, 3.05) is 13.2 Å². The number of thiophene rings is 1. The zero-order chi connectivity index (χ0) is 14.2. The van der Waals surface area contributed by atoms with Gasteiger partial charge < -0.3 is 10.1 Å². The molecule has 2 aromatic rings. The van der Waals surface area contributed by atoms with Crippen LogP contribution in [0.15, 0.2) is 41.1 Å². The van der Waals surface area contributed by atoms with Crippen LogP contribution in [0.3, 0.4) is 0 Å². The lowest BCUT2D eigenvalue weighted by atomic mass is 10.1. The van der Waals surface area contributed by atoms with Gasteiger partial charge in [-0.25, -0.2) is 0 Å². The number of likely N-dealkylation sites (N-methyl/N-ethyl adjacent to an activating group) is 1. The van der Waals surface area contributed by atoms with Gasteiger partial charge in [-0.2, -0.15) is 11.3 Å². The fourth-order valence-electron chi connectivity index (χ4n) is 2.06. The number of nitrogens with one attached hydrogen (secondary N) is 1. The summed E-state index contributed by atoms with van der Waals surface area (Å²) in [6, 6.07) is 10.1. The van der Waals surface area contributed by atoms with Crippen molar-refractivity contribution in [3.8, 4) is 5.75 Å². The molecule has 0 saturated heterocycles. The molecule has 0 aliphatic rings. The normalized spacial score (nSPS) is 12.3. The first-order chi connectivity index (χ1) is 9.78. The molecule has 0 aliphatic heterocycles. The molecule has 2 rings (SSSR count). The van der Waals surface area contributed by atoms with Crippen LogP contribution in [0.4, 0.5) is 0 Å². The quantitative estimate of drug-likeness (QED) is 0.781. The molecule has 0 fully saturated rings. The van der Waals surface area contributed by atoms with E-state index in [-0.39, 0.29) is 0 Å². The van der Waals surface area contributed by atoms with Gasteiger partial charge in [0, 0.05) is 11.1 Å². The van der Waals surface area contributed by atoms with Gasteiger partial charge in [-0.05, 0) is 60.0 Å². The van der Waals surface area contributed by atoms with Crippen LogP contribution in [0.1, 0.15) is 18.9 Å². The highest BCUT2D eigenvalue weighted by molar-refractivity contribution is 7.07. The molecule has 1 unspecified atom stereocenters. The third-order valence-electron chi connectivity index (χ3n) is 3.10. The Morgan fingerprint density at radius 1 is 1.35 bits per heavy atom. The molecule has 2 nitrogen and oxygen atoms in total. The molecule has 20 heavy (non-hydrogen) atoms. The van der Waals surface area contributed by atoms with Crippen LogP contribution < -0.4 is 10.1 Å². The van der Waals surface area contributed by atoms with Gasteiger partial charge in [-0.15, -0.1) is 0 Å². The summed E-state index contributed by atoms with van der Waals surface area (Å²) in [7, 11) is 0. The number of aryl methyl sites for hydroxylation is 1. The summed E-state index contributed by atoms with van der Waals surface area (Å²) in [6.07, 6.45) is 2.16. The molecule has 0 spiro atoms. The van der Waals surface area contributed by atoms with Crippen molar-refractivity contribution in [1.82, 2.24) is 5.32 Å². The first-order valence-corrected chi connectivity index (χ1v) is 8.23. The smallest absolute Gasteiger partial charge is 0.120 e. The Morgan fingerprint density at radius 3 is 2.95 bits per heavy atom. The monoisotopic (exact) mass is 309 g/mol. The highest BCUT2D eigenvalue weighted by Crippen LogP contribution is 2.17. The fraction of sp³-hybridized carbons (Fsp3) is 0.375. The average Bonchev–Trinajstić information content (AvgIpc) is 2.95. The van der Waals surface area contributed by atoms with Crippen molar-refractivity contribution in [3.05, 3.63) is 51.7 Å². The molecular formula is C16H20ClNOS. The second-order valence-corrected chi connectivity index (χ2v) is 5.91. The highest BCUT2D eigenvalue weighted by atomic mass is 35.5. The van der Waals surface area contributed by atoms with E-state index in [0.717, 1.165) is 25.1 Å². The summed E-state index contributed by atoms with van der Waals surface area (Å²) in [6.45, 7) is 3.74. The van der Waals surface area contributed by atoms with Crippen molar-refractivity contribution >= 4 is 22.9 Å². The molecule has 1 aromatic carbocycles. The minimum Gasteiger partial charge on any atom is -0.492 e. The predicted octanol–water partition coefficient (Wildman–Crippen LogP) is 4.39. The highest BCUT2D eigenvalue weighted by Gasteiger charge is 2.09. The van der Waals surface area contributed by atoms with Crippen LogP contribution in [0, 0.1) is 0 Å². The lowest BCUT2D eigenvalue weighted by Gasteiger charge is -2.18. The van der Waals surface area contributed by atoms with E-state index in [1.54, 1.807) is 11.3 Å². The Balaban J connectivity index is 1.82. The minimum absolute atomic E-state index is 0.360. The lowest BCUT2D eigenvalue weighted by molar-refractivity contribution is 0.258. The van der Waals surface area contributed by atoms with E-state index in [1.807, 2.05) is 24.3 Å². The second-order valence-electron chi connectivity index (χ2n) is 4.69. The van der Waals surface area contributed by atoms with Crippen molar-refractivity contribution < 1.29 is 4.74 Å². The van der Waals surface area contributed by atoms with E-state index in [0.29, 0.717) is 17.7 Å². The summed E-state index contributed by atoms with van der Waals surface area (Å²) in [4.78, 5) is 0. The number of benzene rings is 1. The Kier molecular flexibility index (Phi) is 6.37. The van der Waals surface area contributed by atoms with Gasteiger partial charge in [0.2, 0.25) is 0 Å². The van der Waals surface area contributed by atoms with Crippen LogP contribution in [-0.2, 0) is 6.42 Å². The molecule has 1 heterocycles. The Morgan fingerprint density at radius 2 is 2.25 bits per heavy atom. The molecule has 1 atom stereocenters. The van der Waals surface area contributed by atoms with Crippen LogP contribution in [-0.4, -0.2) is 19.2 Å². The van der Waals surface area contributed by atoms with Crippen molar-refractivity contribution in [2.24, 2.45) is 0 Å². The molecule has 4 heteroatoms. The van der Waals surface area contributed by atoms with Crippen molar-refractivity contribution in [2.45, 2.75) is 25.8 Å². The maximum Gasteiger partial charge on any atom is 0.120 e. The van der Waals surface area contributed by atoms with Gasteiger partial charge in [-0.3, -0.25) is 0 Å². The molecule has 0 aliphatic carbocycles. The topological polar surface area (TPSA) is 21.3 Å². The van der Waals surface area contributed by atoms with Crippen LogP contribution in [0.25, 0.3) is 0 Å². The molecular weight excluding hydrogens is 290 g/mol. The van der Waals surface area contributed by atoms with Gasteiger partial charge in [0.05, 0.1) is 0 Å². The third-order valence-corrected chi connectivity index (χ3v) is 4.07. The van der Waals surface area contributed by atoms with E-state index >= 15 is 0 Å². The van der Waals surface area contributed by atoms with Gasteiger partial charge in [0.25, 0.3) is 0 Å². The SMILES string of the molecule is CCNC(CCc1ccsc1)COc1cccc(Cl)c1. The molecule has 0 bridgehead atoms. The third kappa shape index (κ3) is 5.16. The number of hydrogen-bond donors (Lipinski definition) is 1. The molecule has 0 amide bonds. The van der Waals surface area contributed by atoms with Crippen molar-refractivity contribution in [3.63, 3.8) is 0 Å². The molecule has 108 valence electrons. The summed E-state index contributed by atoms with van der Waals surface area (Å²) in [5.74, 6) is 0.830. The number of rotatable bonds is 8. The number of ether oxygens (including phenoxy) is 1. The Labute approximate surface area is 129 Å². The Bertz CT molecular complexity index is 501. The standard InChI is InChI=1S/C16H20ClNOS/c1-2-18-15(7-6-13-8-9-20-12-13)11-19-16-5-3-4-14(17)10-16/h3-5,8-10,12,15,18H,2,6-7,11H2,1H3. The minimum atomic E-state index is 0.360. The largest absolute Gasteiger partial charge is 0.492 e. The molecule has 0 saturated carbocycles. The predicted molar refractivity (Wildman–Crippen MR) is 87.1 cm³/mol. The number of hydrogen-bond acceptors (Lipinski definition) is 3. The maximum absolute atomic E-state index is 5.96. The van der Waals surface area contributed by atoms with Crippen LogP contribution in [0.5, 0.6) is 5.75 Å². The second kappa shape index (κ2) is 8.30. The van der Waals surface area contributed by atoms with Crippen LogP contribution in [0.2, 0.25) is 5.02 Å². The molecule has 1 N–H and O–H groups in total. The average molecular weight is 310 g/mol. The maximum atomic E-state index is 5.96. The van der Waals surface area contributed by atoms with Crippen molar-refractivity contribution in [1.29, 1.82) is 0 Å². The first-order valence-electron chi connectivity index (χ1n) is 6.90. The van der Waals surface area contributed by atoms with E-state index in [1.165, 1.54) is 5.56 Å². The van der Waals surface area contributed by atoms with E-state index in [4.69, 9.17) is 16.3 Å². The van der Waals surface area contributed by atoms with Gasteiger partial charge in [0.1, 0.15) is 12.4 Å². The zero-order valence-corrected chi connectivity index (χ0v) is 13.2. The van der Waals surface area contributed by atoms with Gasteiger partial charge in [0.15, 0.2) is 0 Å². The van der Waals surface area contributed by atoms with Crippen LogP contribution >= 0.6 is 22.9 Å². The summed E-state index contributed by atoms with van der Waals surface area (Å²) >= 11 is 7.71. The van der Waals surface area contributed by atoms with E-state index < -0.39 is 0 Å². The van der Waals surface area contributed by atoms with E-state index in [9.17, 15) is 0 Å². The van der Waals surface area contributed by atoms with Gasteiger partial charge >= 0.3 is 0 Å². The molecule has 0 radical (unpaired) electrons. The molecule has 1 aromatic heterocycles. The van der Waals surface area contributed by atoms with E-state index in [2.05, 4.69) is 29.1 Å². The summed E-state index contributed by atoms with van der Waals surface area (Å²) in [5.41, 5.74) is 1.40.